The van der Waals surface area contributed by atoms with Crippen molar-refractivity contribution in [3.63, 3.8) is 0 Å². The summed E-state index contributed by atoms with van der Waals surface area (Å²) in [7, 11) is 3.19. The van der Waals surface area contributed by atoms with Gasteiger partial charge < -0.3 is 19.5 Å². The first-order valence-corrected chi connectivity index (χ1v) is 12.5. The zero-order valence-corrected chi connectivity index (χ0v) is 22.4. The van der Waals surface area contributed by atoms with Crippen LogP contribution in [0.15, 0.2) is 59.4 Å². The first kappa shape index (κ1) is 27.8. The van der Waals surface area contributed by atoms with Gasteiger partial charge in [-0.2, -0.15) is 5.10 Å². The number of carbonyl (C=O) groups is 1. The zero-order valence-electron chi connectivity index (χ0n) is 22.4. The Balaban J connectivity index is 1.75. The number of nitrogens with one attached hydrogen (secondary N) is 1. The standard InChI is InChI=1S/C29H37N3O5/c1-29(2,3)37-28(34)30-17-11-7-10-14-23-18-24(22-15-16-25(35-4)26(19-22)36-5)31-32(27(23)33)20-21-12-8-6-9-13-21/h6,8-9,12-13,15-16,18-19H,7,10-11,14,17,20H2,1-5H3,(H,30,34). The molecule has 0 bridgehead atoms. The second kappa shape index (κ2) is 12.9. The van der Waals surface area contributed by atoms with Crippen LogP contribution in [0.1, 0.15) is 51.2 Å². The number of methoxy groups -OCH3 is 2. The zero-order chi connectivity index (χ0) is 26.8. The number of alkyl carbamates (subject to hydrolysis) is 1. The van der Waals surface area contributed by atoms with Crippen molar-refractivity contribution in [1.82, 2.24) is 15.1 Å². The van der Waals surface area contributed by atoms with E-state index < -0.39 is 11.7 Å². The summed E-state index contributed by atoms with van der Waals surface area (Å²) in [5.74, 6) is 1.23. The smallest absolute Gasteiger partial charge is 0.407 e. The Hall–Kier alpha value is -3.81. The number of benzene rings is 2. The van der Waals surface area contributed by atoms with Gasteiger partial charge in [-0.25, -0.2) is 9.48 Å². The van der Waals surface area contributed by atoms with Gasteiger partial charge in [-0.15, -0.1) is 0 Å². The van der Waals surface area contributed by atoms with E-state index in [9.17, 15) is 9.59 Å². The number of carbonyl (C=O) groups excluding carboxylic acids is 1. The predicted octanol–water partition coefficient (Wildman–Crippen LogP) is 5.21. The van der Waals surface area contributed by atoms with E-state index in [0.29, 0.717) is 42.3 Å². The van der Waals surface area contributed by atoms with Crippen molar-refractivity contribution in [2.45, 2.75) is 58.6 Å². The molecule has 0 saturated carbocycles. The third-order valence-electron chi connectivity index (χ3n) is 5.69. The molecule has 0 aliphatic heterocycles. The van der Waals surface area contributed by atoms with Crippen molar-refractivity contribution in [2.75, 3.05) is 20.8 Å². The lowest BCUT2D eigenvalue weighted by molar-refractivity contribution is 0.0527. The highest BCUT2D eigenvalue weighted by molar-refractivity contribution is 5.67. The van der Waals surface area contributed by atoms with Gasteiger partial charge in [0.15, 0.2) is 11.5 Å². The Labute approximate surface area is 218 Å². The quantitative estimate of drug-likeness (QED) is 0.358. The van der Waals surface area contributed by atoms with Crippen LogP contribution in [-0.2, 0) is 17.7 Å². The Kier molecular flexibility index (Phi) is 9.71. The highest BCUT2D eigenvalue weighted by Crippen LogP contribution is 2.31. The maximum Gasteiger partial charge on any atom is 0.407 e. The maximum absolute atomic E-state index is 13.3. The molecule has 3 aromatic rings. The number of aromatic nitrogens is 2. The van der Waals surface area contributed by atoms with Crippen LogP contribution in [0.5, 0.6) is 11.5 Å². The molecule has 0 fully saturated rings. The van der Waals surface area contributed by atoms with Gasteiger partial charge in [0.25, 0.3) is 5.56 Å². The fourth-order valence-electron chi connectivity index (χ4n) is 3.90. The molecule has 1 heterocycles. The number of unbranched alkanes of at least 4 members (excludes halogenated alkanes) is 2. The number of rotatable bonds is 11. The molecule has 1 amide bonds. The molecule has 8 nitrogen and oxygen atoms in total. The number of ether oxygens (including phenoxy) is 3. The SMILES string of the molecule is COc1ccc(-c2cc(CCCCCNC(=O)OC(C)(C)C)c(=O)n(Cc3ccccc3)n2)cc1OC. The summed E-state index contributed by atoms with van der Waals surface area (Å²) in [6.07, 6.45) is 2.67. The topological polar surface area (TPSA) is 91.7 Å². The number of amides is 1. The molecule has 1 N–H and O–H groups in total. The molecule has 0 saturated heterocycles. The Morgan fingerprint density at radius 2 is 1.68 bits per heavy atom. The minimum absolute atomic E-state index is 0.0973. The number of aryl methyl sites for hydroxylation is 1. The van der Waals surface area contributed by atoms with E-state index in [2.05, 4.69) is 10.4 Å². The molecule has 37 heavy (non-hydrogen) atoms. The normalized spacial score (nSPS) is 11.2. The van der Waals surface area contributed by atoms with Crippen molar-refractivity contribution in [2.24, 2.45) is 0 Å². The van der Waals surface area contributed by atoms with Crippen molar-refractivity contribution in [3.8, 4) is 22.8 Å². The summed E-state index contributed by atoms with van der Waals surface area (Å²) in [5.41, 5.74) is 2.62. The third-order valence-corrected chi connectivity index (χ3v) is 5.69. The molecular weight excluding hydrogens is 470 g/mol. The second-order valence-corrected chi connectivity index (χ2v) is 9.81. The highest BCUT2D eigenvalue weighted by Gasteiger charge is 2.16. The minimum atomic E-state index is -0.517. The Bertz CT molecular complexity index is 1230. The van der Waals surface area contributed by atoms with E-state index in [1.165, 1.54) is 4.68 Å². The molecule has 1 aromatic heterocycles. The van der Waals surface area contributed by atoms with Gasteiger partial charge in [-0.3, -0.25) is 4.79 Å². The first-order valence-electron chi connectivity index (χ1n) is 12.5. The predicted molar refractivity (Wildman–Crippen MR) is 144 cm³/mol. The average molecular weight is 508 g/mol. The van der Waals surface area contributed by atoms with E-state index in [0.717, 1.165) is 30.4 Å². The van der Waals surface area contributed by atoms with Gasteiger partial charge in [-0.05, 0) is 69.9 Å². The van der Waals surface area contributed by atoms with Crippen molar-refractivity contribution in [3.05, 3.63) is 76.1 Å². The summed E-state index contributed by atoms with van der Waals surface area (Å²) in [4.78, 5) is 25.1. The lowest BCUT2D eigenvalue weighted by Gasteiger charge is -2.19. The van der Waals surface area contributed by atoms with Crippen LogP contribution in [0.4, 0.5) is 4.79 Å². The van der Waals surface area contributed by atoms with Gasteiger partial charge in [0, 0.05) is 17.7 Å². The van der Waals surface area contributed by atoms with Crippen LogP contribution in [0.25, 0.3) is 11.3 Å². The first-order chi connectivity index (χ1) is 17.7. The molecule has 0 spiro atoms. The lowest BCUT2D eigenvalue weighted by Crippen LogP contribution is -2.33. The van der Waals surface area contributed by atoms with Gasteiger partial charge in [0.05, 0.1) is 26.5 Å². The molecule has 0 atom stereocenters. The van der Waals surface area contributed by atoms with Crippen molar-refractivity contribution < 1.29 is 19.0 Å². The summed E-state index contributed by atoms with van der Waals surface area (Å²) in [6.45, 7) is 6.42. The molecular formula is C29H37N3O5. The second-order valence-electron chi connectivity index (χ2n) is 9.81. The molecule has 2 aromatic carbocycles. The fraction of sp³-hybridized carbons (Fsp3) is 0.414. The molecule has 3 rings (SSSR count). The largest absolute Gasteiger partial charge is 0.493 e. The molecule has 0 radical (unpaired) electrons. The number of hydrogen-bond acceptors (Lipinski definition) is 6. The molecule has 8 heteroatoms. The highest BCUT2D eigenvalue weighted by atomic mass is 16.6. The summed E-state index contributed by atoms with van der Waals surface area (Å²) < 4.78 is 17.6. The van der Waals surface area contributed by atoms with E-state index >= 15 is 0 Å². The van der Waals surface area contributed by atoms with Gasteiger partial charge in [0.2, 0.25) is 0 Å². The van der Waals surface area contributed by atoms with Gasteiger partial charge in [0.1, 0.15) is 5.60 Å². The van der Waals surface area contributed by atoms with Crippen molar-refractivity contribution in [1.29, 1.82) is 0 Å². The summed E-state index contributed by atoms with van der Waals surface area (Å²) in [5, 5.41) is 7.46. The average Bonchev–Trinajstić information content (AvgIpc) is 2.87. The fourth-order valence-corrected chi connectivity index (χ4v) is 3.90. The third kappa shape index (κ3) is 8.37. The van der Waals surface area contributed by atoms with Crippen LogP contribution >= 0.6 is 0 Å². The van der Waals surface area contributed by atoms with E-state index in [1.807, 2.05) is 75.4 Å². The van der Waals surface area contributed by atoms with Gasteiger partial charge >= 0.3 is 6.09 Å². The Morgan fingerprint density at radius 3 is 2.35 bits per heavy atom. The van der Waals surface area contributed by atoms with Crippen LogP contribution in [0.3, 0.4) is 0 Å². The maximum atomic E-state index is 13.3. The molecule has 0 aliphatic carbocycles. The number of hydrogen-bond donors (Lipinski definition) is 1. The molecule has 0 unspecified atom stereocenters. The van der Waals surface area contributed by atoms with E-state index in [1.54, 1.807) is 14.2 Å². The number of nitrogens with zero attached hydrogens (tertiary/aromatic N) is 2. The van der Waals surface area contributed by atoms with Gasteiger partial charge in [-0.1, -0.05) is 36.8 Å². The summed E-state index contributed by atoms with van der Waals surface area (Å²) in [6, 6.07) is 17.3. The van der Waals surface area contributed by atoms with E-state index in [4.69, 9.17) is 14.2 Å². The van der Waals surface area contributed by atoms with Crippen LogP contribution in [0, 0.1) is 0 Å². The summed E-state index contributed by atoms with van der Waals surface area (Å²) >= 11 is 0. The van der Waals surface area contributed by atoms with E-state index in [-0.39, 0.29) is 5.56 Å². The molecule has 198 valence electrons. The molecule has 0 aliphatic rings. The van der Waals surface area contributed by atoms with Crippen LogP contribution in [0.2, 0.25) is 0 Å². The Morgan fingerprint density at radius 1 is 0.946 bits per heavy atom. The lowest BCUT2D eigenvalue weighted by atomic mass is 10.0. The van der Waals surface area contributed by atoms with Crippen LogP contribution in [-0.4, -0.2) is 42.2 Å². The van der Waals surface area contributed by atoms with Crippen molar-refractivity contribution >= 4 is 6.09 Å². The minimum Gasteiger partial charge on any atom is -0.493 e. The monoisotopic (exact) mass is 507 g/mol. The van der Waals surface area contributed by atoms with Crippen LogP contribution < -0.4 is 20.3 Å².